The number of amidine groups is 1. The number of nitrogens with two attached hydrogens (primary N) is 1. The minimum atomic E-state index is -0.836. The summed E-state index contributed by atoms with van der Waals surface area (Å²) in [5, 5.41) is 11.6. The van der Waals surface area contributed by atoms with Gasteiger partial charge >= 0.3 is 0 Å². The number of benzene rings is 1. The van der Waals surface area contributed by atoms with Crippen LogP contribution in [0.3, 0.4) is 0 Å². The average molecular weight is 465 g/mol. The number of thiazole rings is 1. The van der Waals surface area contributed by atoms with Crippen molar-refractivity contribution < 1.29 is 0 Å². The van der Waals surface area contributed by atoms with Crippen LogP contribution in [-0.2, 0) is 5.54 Å². The zero-order valence-corrected chi connectivity index (χ0v) is 18.5. The summed E-state index contributed by atoms with van der Waals surface area (Å²) in [7, 11) is 0. The molecule has 142 valence electrons. The highest BCUT2D eigenvalue weighted by molar-refractivity contribution is 8.00. The summed E-state index contributed by atoms with van der Waals surface area (Å²) in [6, 6.07) is 7.35. The topological polar surface area (TPSA) is 75.1 Å². The van der Waals surface area contributed by atoms with Crippen molar-refractivity contribution >= 4 is 69.7 Å². The second kappa shape index (κ2) is 7.65. The van der Waals surface area contributed by atoms with Crippen molar-refractivity contribution in [2.75, 3.05) is 6.26 Å². The van der Waals surface area contributed by atoms with Crippen LogP contribution < -0.4 is 5.73 Å². The van der Waals surface area contributed by atoms with Crippen LogP contribution in [0.15, 0.2) is 51.0 Å². The molecule has 3 N–H and O–H groups in total. The number of nitrogens with one attached hydrogen (secondary N) is 1. The molecule has 0 spiro atoms. The molecule has 1 atom stereocenters. The Morgan fingerprint density at radius 2 is 2.04 bits per heavy atom. The monoisotopic (exact) mass is 464 g/mol. The van der Waals surface area contributed by atoms with E-state index < -0.39 is 5.54 Å². The number of thioether (sulfide) groups is 1. The lowest BCUT2D eigenvalue weighted by molar-refractivity contribution is 0.694. The quantitative estimate of drug-likeness (QED) is 0.273. The number of nitrogens with zero attached hydrogens (tertiary/aromatic N) is 2. The number of nitrogen functional groups attached to an aromatic ring is 1. The molecule has 1 aromatic carbocycles. The number of aromatic nitrogens is 1. The third-order valence-electron chi connectivity index (χ3n) is 4.30. The van der Waals surface area contributed by atoms with E-state index in [1.165, 1.54) is 22.7 Å². The first-order chi connectivity index (χ1) is 13.5. The third kappa shape index (κ3) is 3.21. The molecule has 28 heavy (non-hydrogen) atoms. The molecule has 0 saturated carbocycles. The Hall–Kier alpha value is -1.64. The molecule has 0 radical (unpaired) electrons. The van der Waals surface area contributed by atoms with Gasteiger partial charge in [0.2, 0.25) is 0 Å². The molecular weight excluding hydrogens is 451 g/mol. The fourth-order valence-corrected chi connectivity index (χ4v) is 6.43. The van der Waals surface area contributed by atoms with Crippen LogP contribution in [0.4, 0.5) is 0 Å². The molecule has 9 heteroatoms. The number of aliphatic imine (C=N–C) groups is 1. The fourth-order valence-electron chi connectivity index (χ4n) is 3.04. The Kier molecular flexibility index (Phi) is 5.37. The highest BCUT2D eigenvalue weighted by Gasteiger charge is 2.39. The van der Waals surface area contributed by atoms with E-state index in [1.54, 1.807) is 18.0 Å². The number of allylic oxidation sites excluding steroid dienone is 1. The first-order valence-electron chi connectivity index (χ1n) is 8.12. The third-order valence-corrected chi connectivity index (χ3v) is 8.20. The summed E-state index contributed by atoms with van der Waals surface area (Å²) in [6.07, 6.45) is 7.59. The number of halogens is 2. The van der Waals surface area contributed by atoms with Crippen molar-refractivity contribution in [2.45, 2.75) is 9.75 Å². The van der Waals surface area contributed by atoms with Gasteiger partial charge in [-0.25, -0.2) is 4.98 Å². The van der Waals surface area contributed by atoms with Crippen molar-refractivity contribution in [3.05, 3.63) is 67.3 Å². The number of hydrogen-bond acceptors (Lipinski definition) is 6. The molecule has 1 aliphatic rings. The molecule has 4 rings (SSSR count). The minimum absolute atomic E-state index is 0.0599. The van der Waals surface area contributed by atoms with Gasteiger partial charge in [0.1, 0.15) is 10.8 Å². The maximum atomic E-state index is 7.72. The molecule has 0 aliphatic carbocycles. The lowest BCUT2D eigenvalue weighted by Crippen LogP contribution is -2.22. The van der Waals surface area contributed by atoms with E-state index >= 15 is 0 Å². The van der Waals surface area contributed by atoms with Crippen LogP contribution in [0.1, 0.15) is 15.4 Å². The Morgan fingerprint density at radius 3 is 2.64 bits per heavy atom. The van der Waals surface area contributed by atoms with Gasteiger partial charge < -0.3 is 5.73 Å². The smallest absolute Gasteiger partial charge is 0.158 e. The van der Waals surface area contributed by atoms with Crippen molar-refractivity contribution in [1.29, 1.82) is 5.41 Å². The van der Waals surface area contributed by atoms with Gasteiger partial charge in [-0.05, 0) is 36.6 Å². The van der Waals surface area contributed by atoms with Gasteiger partial charge in [-0.2, -0.15) is 0 Å². The van der Waals surface area contributed by atoms with Crippen LogP contribution in [0.2, 0.25) is 10.0 Å². The van der Waals surface area contributed by atoms with E-state index in [0.717, 1.165) is 30.9 Å². The Bertz CT molecular complexity index is 1100. The maximum absolute atomic E-state index is 7.72. The van der Waals surface area contributed by atoms with Crippen molar-refractivity contribution in [2.24, 2.45) is 10.7 Å². The van der Waals surface area contributed by atoms with Gasteiger partial charge in [-0.3, -0.25) is 10.4 Å². The molecule has 1 unspecified atom stereocenters. The molecular formula is C19H14Cl2N4S3. The maximum Gasteiger partial charge on any atom is 0.158 e. The highest BCUT2D eigenvalue weighted by Crippen LogP contribution is 2.47. The predicted octanol–water partition coefficient (Wildman–Crippen LogP) is 6.07. The number of thiophene rings is 1. The van der Waals surface area contributed by atoms with Crippen LogP contribution >= 0.6 is 57.6 Å². The van der Waals surface area contributed by atoms with Gasteiger partial charge in [0, 0.05) is 32.8 Å². The Balaban J connectivity index is 1.85. The fraction of sp³-hybridized carbons (Fsp3) is 0.105. The van der Waals surface area contributed by atoms with Gasteiger partial charge in [0.25, 0.3) is 0 Å². The lowest BCUT2D eigenvalue weighted by atomic mass is 9.91. The standard InChI is InChI=1S/C19H14Cl2N4S3/c1-26-17-10(8-14(28-17)16(22)23)13-9-27-18(25-13)19(6-3-7-24-19)15-11(20)4-2-5-12(15)21/h2-9H,1H3,(H3,22,23). The summed E-state index contributed by atoms with van der Waals surface area (Å²) in [6.45, 7) is 0. The summed E-state index contributed by atoms with van der Waals surface area (Å²) < 4.78 is 1.07. The summed E-state index contributed by atoms with van der Waals surface area (Å²) in [5.41, 5.74) is 7.36. The van der Waals surface area contributed by atoms with Crippen LogP contribution in [-0.4, -0.2) is 23.3 Å². The SMILES string of the molecule is CSc1sc(C(=N)N)cc1-c1csc(C2(c3c(Cl)cccc3Cl)C=CC=N2)n1. The molecule has 1 aliphatic heterocycles. The molecule has 2 aromatic heterocycles. The molecule has 4 nitrogen and oxygen atoms in total. The average Bonchev–Trinajstić information content (AvgIpc) is 3.40. The molecule has 0 bridgehead atoms. The Labute approximate surface area is 184 Å². The Morgan fingerprint density at radius 1 is 1.29 bits per heavy atom. The van der Waals surface area contributed by atoms with E-state index in [1.807, 2.05) is 48.1 Å². The lowest BCUT2D eigenvalue weighted by Gasteiger charge is -2.24. The van der Waals surface area contributed by atoms with E-state index in [2.05, 4.69) is 0 Å². The zero-order chi connectivity index (χ0) is 19.9. The van der Waals surface area contributed by atoms with E-state index in [0.29, 0.717) is 10.0 Å². The first kappa shape index (κ1) is 19.7. The van der Waals surface area contributed by atoms with E-state index in [-0.39, 0.29) is 5.84 Å². The molecule has 3 aromatic rings. The molecule has 0 amide bonds. The van der Waals surface area contributed by atoms with Crippen LogP contribution in [0, 0.1) is 5.41 Å². The molecule has 0 fully saturated rings. The number of rotatable bonds is 5. The predicted molar refractivity (Wildman–Crippen MR) is 123 cm³/mol. The zero-order valence-electron chi connectivity index (χ0n) is 14.6. The van der Waals surface area contributed by atoms with Crippen LogP contribution in [0.25, 0.3) is 11.3 Å². The van der Waals surface area contributed by atoms with Gasteiger partial charge in [0.15, 0.2) is 5.54 Å². The minimum Gasteiger partial charge on any atom is -0.383 e. The van der Waals surface area contributed by atoms with Crippen molar-refractivity contribution in [1.82, 2.24) is 4.98 Å². The van der Waals surface area contributed by atoms with Crippen LogP contribution in [0.5, 0.6) is 0 Å². The van der Waals surface area contributed by atoms with E-state index in [4.69, 9.17) is 44.3 Å². The van der Waals surface area contributed by atoms with Gasteiger partial charge in [-0.1, -0.05) is 29.3 Å². The van der Waals surface area contributed by atoms with Crippen molar-refractivity contribution in [3.8, 4) is 11.3 Å². The second-order valence-electron chi connectivity index (χ2n) is 5.97. The summed E-state index contributed by atoms with van der Waals surface area (Å²) in [4.78, 5) is 10.3. The summed E-state index contributed by atoms with van der Waals surface area (Å²) in [5.74, 6) is 0.0599. The molecule has 0 saturated heterocycles. The molecule has 3 heterocycles. The van der Waals surface area contributed by atoms with Gasteiger partial charge in [0.05, 0.1) is 14.8 Å². The normalized spacial score (nSPS) is 18.1. The van der Waals surface area contributed by atoms with E-state index in [9.17, 15) is 0 Å². The van der Waals surface area contributed by atoms with Crippen molar-refractivity contribution in [3.63, 3.8) is 0 Å². The number of hydrogen-bond donors (Lipinski definition) is 2. The highest BCUT2D eigenvalue weighted by atomic mass is 35.5. The second-order valence-corrected chi connectivity index (χ2v) is 9.77. The largest absolute Gasteiger partial charge is 0.383 e. The first-order valence-corrected chi connectivity index (χ1v) is 11.8. The van der Waals surface area contributed by atoms with Gasteiger partial charge in [-0.15, -0.1) is 34.4 Å². The summed E-state index contributed by atoms with van der Waals surface area (Å²) >= 11 is 17.6.